The molecule has 0 bridgehead atoms. The number of aromatic nitrogens is 3. The van der Waals surface area contributed by atoms with E-state index < -0.39 is 70.5 Å². The number of aryl methyl sites for hydroxylation is 1. The highest BCUT2D eigenvalue weighted by atomic mass is 35.5. The average Bonchev–Trinajstić information content (AvgIpc) is 3.82. The number of hydrogen-bond acceptors (Lipinski definition) is 15. The standard InChI is InChI=1S/C57H74ClFN10O9S2/c1-34-46(79-33-64-34)36-12-13-37(28-62-48(71)40-27-38(70)31-69(40)50(73)47(54(2,3)4)66-52(75)57(59)17-18-57)41(26-36)77-25-16-35-14-21-68(22-15-35)51(74)49(72)65-39-10-9-11-42(45(39)58)80-44-30-60-43(29-61-44)67-23-19-56(8,20-24-67)32-63-53(76)78-55(5,6)7/h9-13,26,29-30,33,35,38,40,47,70H,14-25,27-28,31-32H2,1-8H3,(H,62,71)(H,63,76)(H,65,72)(H,66,75)/t38-,40+,47-/m1/s1. The number of likely N-dealkylation sites (tertiary alicyclic amines) is 2. The molecule has 19 nitrogen and oxygen atoms in total. The molecule has 5 heterocycles. The summed E-state index contributed by atoms with van der Waals surface area (Å²) < 4.78 is 26.6. The van der Waals surface area contributed by atoms with Crippen molar-refractivity contribution in [1.82, 2.24) is 40.7 Å². The first kappa shape index (κ1) is 60.0. The number of nitrogens with one attached hydrogen (secondary N) is 4. The highest BCUT2D eigenvalue weighted by Crippen LogP contribution is 2.41. The third-order valence-electron chi connectivity index (χ3n) is 15.2. The van der Waals surface area contributed by atoms with Gasteiger partial charge in [0.25, 0.3) is 5.91 Å². The van der Waals surface area contributed by atoms with Crippen LogP contribution in [0, 0.1) is 23.7 Å². The molecule has 0 unspecified atom stereocenters. The van der Waals surface area contributed by atoms with Crippen LogP contribution in [0.2, 0.25) is 5.02 Å². The zero-order valence-corrected chi connectivity index (χ0v) is 49.2. The lowest BCUT2D eigenvalue weighted by atomic mass is 9.80. The second-order valence-corrected chi connectivity index (χ2v) is 26.1. The predicted molar refractivity (Wildman–Crippen MR) is 304 cm³/mol. The van der Waals surface area contributed by atoms with Gasteiger partial charge in [-0.15, -0.1) is 11.3 Å². The number of alkyl carbamates (subject to hydrolysis) is 1. The van der Waals surface area contributed by atoms with E-state index in [0.717, 1.165) is 47.9 Å². The normalized spacial score (nSPS) is 19.4. The van der Waals surface area contributed by atoms with Gasteiger partial charge in [-0.3, -0.25) is 24.0 Å². The number of rotatable bonds is 17. The van der Waals surface area contributed by atoms with Gasteiger partial charge in [-0.25, -0.2) is 24.1 Å². The van der Waals surface area contributed by atoms with Gasteiger partial charge >= 0.3 is 17.9 Å². The number of carbonyl (C=O) groups excluding carboxylic acids is 6. The van der Waals surface area contributed by atoms with Gasteiger partial charge in [0.1, 0.15) is 34.3 Å². The number of aliphatic hydroxyl groups is 1. The molecule has 3 saturated heterocycles. The van der Waals surface area contributed by atoms with Crippen molar-refractivity contribution < 1.29 is 47.7 Å². The van der Waals surface area contributed by atoms with E-state index in [9.17, 15) is 38.3 Å². The van der Waals surface area contributed by atoms with Gasteiger partial charge < -0.3 is 50.5 Å². The fraction of sp³-hybridized carbons (Fsp3) is 0.561. The second-order valence-electron chi connectivity index (χ2n) is 23.9. The zero-order valence-electron chi connectivity index (χ0n) is 46.8. The number of halogens is 2. The molecule has 3 aliphatic heterocycles. The van der Waals surface area contributed by atoms with Crippen LogP contribution in [0.25, 0.3) is 10.4 Å². The van der Waals surface area contributed by atoms with Crippen LogP contribution in [0.5, 0.6) is 5.75 Å². The molecule has 4 fully saturated rings. The smallest absolute Gasteiger partial charge is 0.407 e. The minimum absolute atomic E-state index is 0.00514. The van der Waals surface area contributed by atoms with Crippen molar-refractivity contribution in [3.05, 3.63) is 70.6 Å². The van der Waals surface area contributed by atoms with Crippen LogP contribution in [0.15, 0.2) is 64.2 Å². The van der Waals surface area contributed by atoms with Crippen molar-refractivity contribution in [2.75, 3.05) is 56.1 Å². The lowest BCUT2D eigenvalue weighted by Crippen LogP contribution is -2.59. The van der Waals surface area contributed by atoms with Crippen molar-refractivity contribution in [3.63, 3.8) is 0 Å². The number of thiazole rings is 1. The molecule has 0 radical (unpaired) electrons. The molecule has 80 heavy (non-hydrogen) atoms. The molecule has 0 spiro atoms. The summed E-state index contributed by atoms with van der Waals surface area (Å²) in [5.74, 6) is -1.85. The number of amides is 6. The van der Waals surface area contributed by atoms with E-state index in [-0.39, 0.29) is 48.7 Å². The number of piperidine rings is 2. The predicted octanol–water partition coefficient (Wildman–Crippen LogP) is 8.10. The Bertz CT molecular complexity index is 2910. The summed E-state index contributed by atoms with van der Waals surface area (Å²) in [5, 5.41) is 22.7. The number of carbonyl (C=O) groups is 6. The second kappa shape index (κ2) is 25.0. The summed E-state index contributed by atoms with van der Waals surface area (Å²) in [7, 11) is 0. The molecule has 4 aliphatic rings. The summed E-state index contributed by atoms with van der Waals surface area (Å²) in [6.07, 6.45) is 5.86. The molecule has 432 valence electrons. The fourth-order valence-electron chi connectivity index (χ4n) is 10.0. The van der Waals surface area contributed by atoms with E-state index in [0.29, 0.717) is 72.4 Å². The highest BCUT2D eigenvalue weighted by molar-refractivity contribution is 7.99. The van der Waals surface area contributed by atoms with Gasteiger partial charge in [-0.1, -0.05) is 69.3 Å². The summed E-state index contributed by atoms with van der Waals surface area (Å²) in [6.45, 7) is 17.9. The molecular formula is C57H74ClFN10O9S2. The number of β-amino-alcohol motifs (C(OH)–C–C–N with tert-alkyl or cyclic N) is 1. The van der Waals surface area contributed by atoms with Crippen molar-refractivity contribution in [2.24, 2.45) is 16.7 Å². The zero-order chi connectivity index (χ0) is 57.7. The van der Waals surface area contributed by atoms with Crippen LogP contribution < -0.4 is 30.9 Å². The van der Waals surface area contributed by atoms with Gasteiger partial charge in [0.2, 0.25) is 11.8 Å². The Labute approximate surface area is 480 Å². The Balaban J connectivity index is 0.807. The van der Waals surface area contributed by atoms with Crippen LogP contribution in [0.3, 0.4) is 0 Å². The largest absolute Gasteiger partial charge is 0.493 e. The Morgan fingerprint density at radius 2 is 1.68 bits per heavy atom. The van der Waals surface area contributed by atoms with Crippen molar-refractivity contribution >= 4 is 81.8 Å². The van der Waals surface area contributed by atoms with Crippen LogP contribution >= 0.6 is 34.7 Å². The summed E-state index contributed by atoms with van der Waals surface area (Å²) >= 11 is 9.60. The number of hydrogen-bond donors (Lipinski definition) is 5. The lowest BCUT2D eigenvalue weighted by molar-refractivity contribution is -0.145. The molecule has 1 aliphatic carbocycles. The van der Waals surface area contributed by atoms with Crippen molar-refractivity contribution in [3.8, 4) is 16.2 Å². The average molecular weight is 1160 g/mol. The molecule has 23 heteroatoms. The first-order chi connectivity index (χ1) is 37.8. The minimum atomic E-state index is -2.00. The quantitative estimate of drug-likeness (QED) is 0.0629. The number of anilines is 2. The fourth-order valence-corrected chi connectivity index (χ4v) is 11.9. The van der Waals surface area contributed by atoms with Crippen LogP contribution in [0.4, 0.5) is 20.7 Å². The molecule has 1 saturated carbocycles. The molecule has 3 atom stereocenters. The number of alkyl halides is 1. The monoisotopic (exact) mass is 1160 g/mol. The molecule has 6 amide bonds. The van der Waals surface area contributed by atoms with E-state index in [2.05, 4.69) is 48.0 Å². The summed E-state index contributed by atoms with van der Waals surface area (Å²) in [6, 6.07) is 8.77. The first-order valence-corrected chi connectivity index (χ1v) is 29.4. The maximum atomic E-state index is 14.7. The summed E-state index contributed by atoms with van der Waals surface area (Å²) in [5.41, 5.74) is 1.06. The third-order valence-corrected chi connectivity index (χ3v) is 17.6. The van der Waals surface area contributed by atoms with Crippen molar-refractivity contribution in [2.45, 2.75) is 153 Å². The number of ether oxygens (including phenoxy) is 2. The minimum Gasteiger partial charge on any atom is -0.493 e. The molecule has 8 rings (SSSR count). The van der Waals surface area contributed by atoms with Crippen molar-refractivity contribution in [1.29, 1.82) is 0 Å². The first-order valence-electron chi connectivity index (χ1n) is 27.3. The number of nitrogens with zero attached hydrogens (tertiary/aromatic N) is 6. The van der Waals surface area contributed by atoms with E-state index in [1.54, 1.807) is 61.8 Å². The molecule has 2 aromatic heterocycles. The molecule has 5 N–H and O–H groups in total. The molecular weight excluding hydrogens is 1090 g/mol. The Morgan fingerprint density at radius 1 is 0.950 bits per heavy atom. The van der Waals surface area contributed by atoms with Gasteiger partial charge in [0.15, 0.2) is 5.67 Å². The van der Waals surface area contributed by atoms with E-state index in [1.807, 2.05) is 45.9 Å². The highest BCUT2D eigenvalue weighted by Gasteiger charge is 2.53. The lowest BCUT2D eigenvalue weighted by Gasteiger charge is -2.40. The van der Waals surface area contributed by atoms with Gasteiger partial charge in [-0.2, -0.15) is 0 Å². The molecule has 4 aromatic rings. The van der Waals surface area contributed by atoms with Crippen LogP contribution in [-0.2, 0) is 35.3 Å². The van der Waals surface area contributed by atoms with E-state index >= 15 is 0 Å². The Hall–Kier alpha value is -6.10. The van der Waals surface area contributed by atoms with Gasteiger partial charge in [0.05, 0.1) is 51.9 Å². The Morgan fingerprint density at radius 3 is 2.31 bits per heavy atom. The maximum absolute atomic E-state index is 14.7. The number of aliphatic hydroxyl groups excluding tert-OH is 1. The Kier molecular flexibility index (Phi) is 18.7. The third kappa shape index (κ3) is 15.3. The van der Waals surface area contributed by atoms with Gasteiger partial charge in [-0.05, 0) is 113 Å². The maximum Gasteiger partial charge on any atom is 0.407 e. The number of benzene rings is 2. The van der Waals surface area contributed by atoms with E-state index in [1.165, 1.54) is 28.0 Å². The molecule has 2 aromatic carbocycles. The summed E-state index contributed by atoms with van der Waals surface area (Å²) in [4.78, 5) is 100. The van der Waals surface area contributed by atoms with Crippen LogP contribution in [0.1, 0.15) is 111 Å². The van der Waals surface area contributed by atoms with Crippen LogP contribution in [-0.4, -0.2) is 141 Å². The van der Waals surface area contributed by atoms with E-state index in [4.69, 9.17) is 21.1 Å². The topological polar surface area (TPSA) is 238 Å². The SMILES string of the molecule is Cc1ncsc1-c1ccc(CNC(=O)[C@@H]2C[C@@H](O)CN2C(=O)[C@@H](NC(=O)C2(F)CC2)C(C)(C)C)c(OCCC2CCN(C(=O)C(=O)Nc3cccc(Sc4cnc(N5CCC(C)(CNC(=O)OC(C)(C)C)CC5)cn4)c3Cl)CC2)c1. The van der Waals surface area contributed by atoms with Gasteiger partial charge in [0, 0.05) is 62.7 Å².